The summed E-state index contributed by atoms with van der Waals surface area (Å²) in [4.78, 5) is 0.178. The Kier molecular flexibility index (Phi) is 7.29. The van der Waals surface area contributed by atoms with Crippen LogP contribution in [0.3, 0.4) is 0 Å². The fourth-order valence-corrected chi connectivity index (χ4v) is 4.16. The van der Waals surface area contributed by atoms with Crippen LogP contribution in [-0.4, -0.2) is 23.9 Å². The smallest absolute Gasteiger partial charge is 0.271 e. The van der Waals surface area contributed by atoms with Crippen LogP contribution in [0.1, 0.15) is 23.1 Å². The van der Waals surface area contributed by atoms with Crippen molar-refractivity contribution in [1.29, 1.82) is 0 Å². The topological polar surface area (TPSA) is 57.6 Å². The molecule has 0 saturated heterocycles. The van der Waals surface area contributed by atoms with Crippen molar-refractivity contribution in [3.05, 3.63) is 102 Å². The normalized spacial score (nSPS) is 11.9. The highest BCUT2D eigenvalue weighted by Gasteiger charge is 2.22. The molecule has 0 saturated carbocycles. The predicted molar refractivity (Wildman–Crippen MR) is 119 cm³/mol. The number of hydrogen-bond acceptors (Lipinski definition) is 3. The van der Waals surface area contributed by atoms with Crippen LogP contribution in [0.25, 0.3) is 0 Å². The summed E-state index contributed by atoms with van der Waals surface area (Å²) >= 11 is 0. The lowest BCUT2D eigenvalue weighted by atomic mass is 10.1. The average molecular weight is 420 g/mol. The molecule has 0 radical (unpaired) electrons. The molecule has 5 heteroatoms. The SMILES string of the molecule is Cc1ccc(S(=O)(=O)N(C#CC(O)CCc2ccccc2)Cc2ccccc2)cc1. The zero-order valence-corrected chi connectivity index (χ0v) is 17.7. The lowest BCUT2D eigenvalue weighted by Gasteiger charge is -2.18. The second kappa shape index (κ2) is 10.1. The van der Waals surface area contributed by atoms with Gasteiger partial charge >= 0.3 is 0 Å². The van der Waals surface area contributed by atoms with Crippen molar-refractivity contribution in [3.8, 4) is 12.0 Å². The molecular weight excluding hydrogens is 394 g/mol. The highest BCUT2D eigenvalue weighted by molar-refractivity contribution is 7.89. The summed E-state index contributed by atoms with van der Waals surface area (Å²) in [5.74, 6) is 2.71. The first-order chi connectivity index (χ1) is 14.4. The van der Waals surface area contributed by atoms with Crippen LogP contribution in [0.4, 0.5) is 0 Å². The quantitative estimate of drug-likeness (QED) is 0.463. The summed E-state index contributed by atoms with van der Waals surface area (Å²) in [5.41, 5.74) is 2.90. The van der Waals surface area contributed by atoms with Crippen LogP contribution >= 0.6 is 0 Å². The molecule has 3 aromatic rings. The summed E-state index contributed by atoms with van der Waals surface area (Å²) in [6.07, 6.45) is 0.178. The molecule has 0 aromatic heterocycles. The molecule has 0 fully saturated rings. The molecule has 154 valence electrons. The molecule has 3 rings (SSSR count). The van der Waals surface area contributed by atoms with E-state index in [2.05, 4.69) is 12.0 Å². The first-order valence-electron chi connectivity index (χ1n) is 9.81. The van der Waals surface area contributed by atoms with Gasteiger partial charge in [0, 0.05) is 6.04 Å². The average Bonchev–Trinajstić information content (AvgIpc) is 2.77. The van der Waals surface area contributed by atoms with E-state index in [0.29, 0.717) is 12.8 Å². The summed E-state index contributed by atoms with van der Waals surface area (Å²) in [6, 6.07) is 28.5. The Hall–Kier alpha value is -3.07. The zero-order valence-electron chi connectivity index (χ0n) is 16.9. The minimum Gasteiger partial charge on any atom is -0.380 e. The Labute approximate surface area is 178 Å². The Morgan fingerprint density at radius 1 is 0.867 bits per heavy atom. The van der Waals surface area contributed by atoms with Gasteiger partial charge in [0.15, 0.2) is 0 Å². The number of aliphatic hydroxyl groups excluding tert-OH is 1. The van der Waals surface area contributed by atoms with E-state index in [1.807, 2.05) is 67.6 Å². The van der Waals surface area contributed by atoms with E-state index in [4.69, 9.17) is 0 Å². The second-order valence-corrected chi connectivity index (χ2v) is 8.97. The van der Waals surface area contributed by atoms with E-state index in [0.717, 1.165) is 21.0 Å². The molecular formula is C25H25NO3S. The van der Waals surface area contributed by atoms with Crippen LogP contribution in [0.5, 0.6) is 0 Å². The Balaban J connectivity index is 1.81. The maximum absolute atomic E-state index is 13.2. The van der Waals surface area contributed by atoms with Gasteiger partial charge in [0.1, 0.15) is 6.10 Å². The standard InChI is InChI=1S/C25H25NO3S/c1-21-12-16-25(17-13-21)30(28,29)26(20-23-10-6-3-7-11-23)19-18-24(27)15-14-22-8-4-2-5-9-22/h2-13,16-17,24,27H,14-15,20H2,1H3. The van der Waals surface area contributed by atoms with E-state index in [9.17, 15) is 13.5 Å². The van der Waals surface area contributed by atoms with Gasteiger partial charge in [0.2, 0.25) is 0 Å². The third-order valence-electron chi connectivity index (χ3n) is 4.68. The number of hydrogen-bond donors (Lipinski definition) is 1. The number of aryl methyl sites for hydroxylation is 2. The van der Waals surface area contributed by atoms with Gasteiger partial charge in [0.25, 0.3) is 10.0 Å². The van der Waals surface area contributed by atoms with E-state index in [-0.39, 0.29) is 11.4 Å². The third kappa shape index (κ3) is 5.96. The highest BCUT2D eigenvalue weighted by Crippen LogP contribution is 2.18. The molecule has 1 unspecified atom stereocenters. The van der Waals surface area contributed by atoms with Crippen LogP contribution in [0.15, 0.2) is 89.8 Å². The first-order valence-corrected chi connectivity index (χ1v) is 11.3. The molecule has 0 heterocycles. The molecule has 1 atom stereocenters. The van der Waals surface area contributed by atoms with E-state index in [1.165, 1.54) is 0 Å². The van der Waals surface area contributed by atoms with Gasteiger partial charge in [-0.15, -0.1) is 0 Å². The molecule has 0 bridgehead atoms. The van der Waals surface area contributed by atoms with Gasteiger partial charge in [-0.3, -0.25) is 0 Å². The molecule has 0 spiro atoms. The van der Waals surface area contributed by atoms with Crippen molar-refractivity contribution in [3.63, 3.8) is 0 Å². The van der Waals surface area contributed by atoms with Gasteiger partial charge < -0.3 is 5.11 Å². The van der Waals surface area contributed by atoms with Gasteiger partial charge in [-0.2, -0.15) is 0 Å². The molecule has 0 amide bonds. The van der Waals surface area contributed by atoms with Gasteiger partial charge in [0.05, 0.1) is 11.4 Å². The maximum Gasteiger partial charge on any atom is 0.271 e. The lowest BCUT2D eigenvalue weighted by Crippen LogP contribution is -2.26. The van der Waals surface area contributed by atoms with Crippen LogP contribution < -0.4 is 0 Å². The zero-order chi connectivity index (χ0) is 21.4. The summed E-state index contributed by atoms with van der Waals surface area (Å²) in [7, 11) is -3.83. The number of rotatable bonds is 7. The minimum atomic E-state index is -3.83. The number of sulfonamides is 1. The summed E-state index contributed by atoms with van der Waals surface area (Å²) in [6.45, 7) is 2.01. The van der Waals surface area contributed by atoms with Gasteiger partial charge in [-0.25, -0.2) is 12.7 Å². The maximum atomic E-state index is 13.2. The van der Waals surface area contributed by atoms with Crippen LogP contribution in [-0.2, 0) is 23.0 Å². The number of nitrogens with zero attached hydrogens (tertiary/aromatic N) is 1. The number of benzene rings is 3. The Morgan fingerprint density at radius 3 is 2.03 bits per heavy atom. The minimum absolute atomic E-state index is 0.107. The molecule has 0 aliphatic rings. The van der Waals surface area contributed by atoms with Crippen molar-refractivity contribution < 1.29 is 13.5 Å². The summed E-state index contributed by atoms with van der Waals surface area (Å²) < 4.78 is 27.5. The van der Waals surface area contributed by atoms with Crippen molar-refractivity contribution in [2.75, 3.05) is 0 Å². The van der Waals surface area contributed by atoms with E-state index < -0.39 is 16.1 Å². The largest absolute Gasteiger partial charge is 0.380 e. The first kappa shape index (κ1) is 21.6. The van der Waals surface area contributed by atoms with E-state index >= 15 is 0 Å². The second-order valence-electron chi connectivity index (χ2n) is 7.11. The monoisotopic (exact) mass is 419 g/mol. The number of aliphatic hydroxyl groups is 1. The fraction of sp³-hybridized carbons (Fsp3) is 0.200. The van der Waals surface area contributed by atoms with Crippen molar-refractivity contribution in [1.82, 2.24) is 4.31 Å². The van der Waals surface area contributed by atoms with Gasteiger partial charge in [-0.05, 0) is 48.9 Å². The van der Waals surface area contributed by atoms with Crippen molar-refractivity contribution >= 4 is 10.0 Å². The van der Waals surface area contributed by atoms with Crippen LogP contribution in [0, 0.1) is 18.9 Å². The molecule has 1 N–H and O–H groups in total. The highest BCUT2D eigenvalue weighted by atomic mass is 32.2. The van der Waals surface area contributed by atoms with E-state index in [1.54, 1.807) is 24.3 Å². The molecule has 0 aliphatic heterocycles. The Bertz CT molecular complexity index is 1100. The Morgan fingerprint density at radius 2 is 1.43 bits per heavy atom. The molecule has 3 aromatic carbocycles. The lowest BCUT2D eigenvalue weighted by molar-refractivity contribution is 0.222. The van der Waals surface area contributed by atoms with Crippen molar-refractivity contribution in [2.24, 2.45) is 0 Å². The summed E-state index contributed by atoms with van der Waals surface area (Å²) in [5, 5.41) is 10.3. The molecule has 0 aliphatic carbocycles. The third-order valence-corrected chi connectivity index (χ3v) is 6.35. The van der Waals surface area contributed by atoms with Crippen LogP contribution in [0.2, 0.25) is 0 Å². The molecule has 4 nitrogen and oxygen atoms in total. The van der Waals surface area contributed by atoms with Gasteiger partial charge in [-0.1, -0.05) is 78.4 Å². The van der Waals surface area contributed by atoms with Crippen molar-refractivity contribution in [2.45, 2.75) is 37.3 Å². The molecule has 30 heavy (non-hydrogen) atoms. The predicted octanol–water partition coefficient (Wildman–Crippen LogP) is 4.14. The fourth-order valence-electron chi connectivity index (χ4n) is 2.94.